The Morgan fingerprint density at radius 2 is 2.08 bits per heavy atom. The number of aromatic nitrogens is 4. The number of hydrogen-bond acceptors (Lipinski definition) is 7. The van der Waals surface area contributed by atoms with E-state index in [0.717, 1.165) is 6.42 Å². The van der Waals surface area contributed by atoms with E-state index in [0.29, 0.717) is 31.3 Å². The van der Waals surface area contributed by atoms with Crippen molar-refractivity contribution in [2.24, 2.45) is 5.92 Å². The van der Waals surface area contributed by atoms with Crippen LogP contribution in [0.25, 0.3) is 11.6 Å². The lowest BCUT2D eigenvalue weighted by Gasteiger charge is -2.24. The van der Waals surface area contributed by atoms with E-state index in [4.69, 9.17) is 9.26 Å². The van der Waals surface area contributed by atoms with Crippen molar-refractivity contribution in [2.45, 2.75) is 39.3 Å². The molecule has 134 valence electrons. The first-order valence-corrected chi connectivity index (χ1v) is 8.15. The summed E-state index contributed by atoms with van der Waals surface area (Å²) in [5.74, 6) is 0.168. The summed E-state index contributed by atoms with van der Waals surface area (Å²) >= 11 is 0. The second-order valence-corrected chi connectivity index (χ2v) is 7.04. The van der Waals surface area contributed by atoms with Gasteiger partial charge in [-0.15, -0.1) is 0 Å². The number of carbonyl (C=O) groups is 1. The van der Waals surface area contributed by atoms with E-state index >= 15 is 0 Å². The molecular weight excluding hydrogens is 326 g/mol. The van der Waals surface area contributed by atoms with Crippen LogP contribution >= 0.6 is 0 Å². The molecule has 0 radical (unpaired) electrons. The van der Waals surface area contributed by atoms with Crippen LogP contribution in [-0.4, -0.2) is 49.4 Å². The summed E-state index contributed by atoms with van der Waals surface area (Å²) in [5, 5.41) is 3.78. The van der Waals surface area contributed by atoms with Gasteiger partial charge in [0, 0.05) is 32.0 Å². The average Bonchev–Trinajstić information content (AvgIpc) is 3.15. The normalized spacial score (nSPS) is 17.7. The molecule has 1 fully saturated rings. The van der Waals surface area contributed by atoms with Crippen molar-refractivity contribution in [3.8, 4) is 11.6 Å². The summed E-state index contributed by atoms with van der Waals surface area (Å²) in [5.41, 5.74) is -0.529. The van der Waals surface area contributed by atoms with E-state index in [-0.39, 0.29) is 12.0 Å². The van der Waals surface area contributed by atoms with Gasteiger partial charge >= 0.3 is 11.8 Å². The van der Waals surface area contributed by atoms with Crippen LogP contribution in [0.3, 0.4) is 0 Å². The van der Waals surface area contributed by atoms with Crippen LogP contribution in [0.2, 0.25) is 0 Å². The Kier molecular flexibility index (Phi) is 4.56. The van der Waals surface area contributed by atoms with Gasteiger partial charge in [-0.05, 0) is 39.2 Å². The molecule has 9 nitrogen and oxygen atoms in total. The molecule has 9 heteroatoms. The zero-order valence-electron chi connectivity index (χ0n) is 14.5. The molecule has 2 aromatic rings. The summed E-state index contributed by atoms with van der Waals surface area (Å²) in [7, 11) is 0. The Morgan fingerprint density at radius 3 is 2.76 bits per heavy atom. The highest BCUT2D eigenvalue weighted by Crippen LogP contribution is 2.22. The topological polar surface area (TPSA) is 103 Å². The third kappa shape index (κ3) is 4.04. The molecule has 0 N–H and O–H groups in total. The van der Waals surface area contributed by atoms with Crippen LogP contribution in [0.4, 0.5) is 4.79 Å². The van der Waals surface area contributed by atoms with Crippen LogP contribution in [0.1, 0.15) is 27.2 Å². The Hall–Kier alpha value is -2.71. The summed E-state index contributed by atoms with van der Waals surface area (Å²) in [6, 6.07) is 1.68. The summed E-state index contributed by atoms with van der Waals surface area (Å²) < 4.78 is 11.6. The second-order valence-electron chi connectivity index (χ2n) is 7.04. The fourth-order valence-electron chi connectivity index (χ4n) is 2.74. The number of likely N-dealkylation sites (tertiary alicyclic amines) is 1. The van der Waals surface area contributed by atoms with Gasteiger partial charge in [-0.1, -0.05) is 5.16 Å². The predicted molar refractivity (Wildman–Crippen MR) is 87.7 cm³/mol. The van der Waals surface area contributed by atoms with E-state index in [1.54, 1.807) is 23.4 Å². The first kappa shape index (κ1) is 17.1. The molecule has 0 unspecified atom stereocenters. The molecule has 0 aliphatic carbocycles. The highest BCUT2D eigenvalue weighted by molar-refractivity contribution is 5.68. The first-order valence-electron chi connectivity index (χ1n) is 8.15. The van der Waals surface area contributed by atoms with Crippen LogP contribution < -0.4 is 5.76 Å². The summed E-state index contributed by atoms with van der Waals surface area (Å²) in [6.45, 7) is 7.00. The van der Waals surface area contributed by atoms with Gasteiger partial charge in [0.15, 0.2) is 5.82 Å². The second kappa shape index (κ2) is 6.66. The number of carbonyl (C=O) groups excluding carboxylic acids is 1. The zero-order chi connectivity index (χ0) is 18.0. The lowest BCUT2D eigenvalue weighted by Crippen LogP contribution is -2.35. The third-order valence-corrected chi connectivity index (χ3v) is 3.83. The minimum Gasteiger partial charge on any atom is -0.444 e. The number of amides is 1. The quantitative estimate of drug-likeness (QED) is 0.829. The molecule has 0 saturated carbocycles. The lowest BCUT2D eigenvalue weighted by molar-refractivity contribution is 0.0287. The Labute approximate surface area is 144 Å². The third-order valence-electron chi connectivity index (χ3n) is 3.83. The van der Waals surface area contributed by atoms with E-state index in [1.807, 2.05) is 20.8 Å². The predicted octanol–water partition coefficient (Wildman–Crippen LogP) is 1.55. The van der Waals surface area contributed by atoms with Gasteiger partial charge in [-0.25, -0.2) is 19.6 Å². The number of hydrogen-bond donors (Lipinski definition) is 0. The monoisotopic (exact) mass is 347 g/mol. The maximum Gasteiger partial charge on any atom is 0.441 e. The standard InChI is InChI=1S/C16H21N5O4/c1-16(2,3)24-14(22)20-8-5-11(9-20)10-21-13(19-25-15(21)23)12-17-6-4-7-18-12/h4,6-7,11H,5,8-10H2,1-3H3/t11-/m0/s1. The summed E-state index contributed by atoms with van der Waals surface area (Å²) in [6.07, 6.45) is 3.59. The summed E-state index contributed by atoms with van der Waals surface area (Å²) in [4.78, 5) is 34.0. The van der Waals surface area contributed by atoms with Crippen LogP contribution in [0.5, 0.6) is 0 Å². The van der Waals surface area contributed by atoms with Gasteiger partial charge in [0.2, 0.25) is 5.82 Å². The van der Waals surface area contributed by atoms with Crippen LogP contribution in [0, 0.1) is 5.92 Å². The fourth-order valence-corrected chi connectivity index (χ4v) is 2.74. The van der Waals surface area contributed by atoms with Crippen molar-refractivity contribution in [3.63, 3.8) is 0 Å². The largest absolute Gasteiger partial charge is 0.444 e. The molecule has 0 aromatic carbocycles. The van der Waals surface area contributed by atoms with Crippen molar-refractivity contribution < 1.29 is 14.1 Å². The maximum atomic E-state index is 12.1. The number of nitrogens with zero attached hydrogens (tertiary/aromatic N) is 5. The average molecular weight is 347 g/mol. The van der Waals surface area contributed by atoms with E-state index in [1.165, 1.54) is 4.57 Å². The van der Waals surface area contributed by atoms with E-state index in [9.17, 15) is 9.59 Å². The Morgan fingerprint density at radius 1 is 1.36 bits per heavy atom. The molecule has 2 aromatic heterocycles. The minimum atomic E-state index is -0.557. The van der Waals surface area contributed by atoms with E-state index in [2.05, 4.69) is 15.1 Å². The van der Waals surface area contributed by atoms with Gasteiger partial charge < -0.3 is 9.64 Å². The van der Waals surface area contributed by atoms with E-state index < -0.39 is 11.4 Å². The molecule has 1 aliphatic rings. The molecule has 25 heavy (non-hydrogen) atoms. The van der Waals surface area contributed by atoms with Crippen LogP contribution in [-0.2, 0) is 11.3 Å². The maximum absolute atomic E-state index is 12.1. The molecule has 1 amide bonds. The van der Waals surface area contributed by atoms with Crippen molar-refractivity contribution in [1.29, 1.82) is 0 Å². The highest BCUT2D eigenvalue weighted by Gasteiger charge is 2.31. The van der Waals surface area contributed by atoms with Crippen molar-refractivity contribution in [3.05, 3.63) is 29.0 Å². The molecule has 0 spiro atoms. The SMILES string of the molecule is CC(C)(C)OC(=O)N1CC[C@H](Cn2c(-c3ncccn3)noc2=O)C1. The molecule has 3 heterocycles. The van der Waals surface area contributed by atoms with Crippen molar-refractivity contribution in [1.82, 2.24) is 24.6 Å². The fraction of sp³-hybridized carbons (Fsp3) is 0.562. The highest BCUT2D eigenvalue weighted by atomic mass is 16.6. The molecule has 3 rings (SSSR count). The number of ether oxygens (including phenoxy) is 1. The lowest BCUT2D eigenvalue weighted by atomic mass is 10.1. The van der Waals surface area contributed by atoms with Crippen molar-refractivity contribution in [2.75, 3.05) is 13.1 Å². The molecule has 1 aliphatic heterocycles. The van der Waals surface area contributed by atoms with Gasteiger partial charge in [-0.3, -0.25) is 9.09 Å². The number of rotatable bonds is 3. The smallest absolute Gasteiger partial charge is 0.441 e. The molecule has 0 bridgehead atoms. The Balaban J connectivity index is 1.70. The molecule has 1 atom stereocenters. The van der Waals surface area contributed by atoms with Gasteiger partial charge in [0.05, 0.1) is 0 Å². The van der Waals surface area contributed by atoms with Gasteiger partial charge in [0.1, 0.15) is 5.60 Å². The Bertz CT molecular complexity index is 793. The zero-order valence-corrected chi connectivity index (χ0v) is 14.5. The minimum absolute atomic E-state index is 0.104. The van der Waals surface area contributed by atoms with Crippen molar-refractivity contribution >= 4 is 6.09 Å². The van der Waals surface area contributed by atoms with Crippen LogP contribution in [0.15, 0.2) is 27.8 Å². The van der Waals surface area contributed by atoms with Gasteiger partial charge in [-0.2, -0.15) is 0 Å². The first-order chi connectivity index (χ1) is 11.8. The molecule has 1 saturated heterocycles. The van der Waals surface area contributed by atoms with Gasteiger partial charge in [0.25, 0.3) is 0 Å². The molecular formula is C16H21N5O4.